The lowest BCUT2D eigenvalue weighted by Crippen LogP contribution is -2.32. The zero-order chi connectivity index (χ0) is 18.5. The number of alkyl halides is 1. The van der Waals surface area contributed by atoms with Crippen molar-refractivity contribution in [1.29, 1.82) is 0 Å². The lowest BCUT2D eigenvalue weighted by Gasteiger charge is -2.24. The third-order valence-corrected chi connectivity index (χ3v) is 4.29. The van der Waals surface area contributed by atoms with Crippen LogP contribution in [0.5, 0.6) is 11.5 Å². The van der Waals surface area contributed by atoms with E-state index in [9.17, 15) is 9.18 Å². The van der Waals surface area contributed by atoms with E-state index in [0.717, 1.165) is 16.3 Å². The number of nitrogens with zero attached hydrogens (tertiary/aromatic N) is 1. The normalized spacial score (nSPS) is 10.6. The molecule has 0 aromatic heterocycles. The molecule has 0 bridgehead atoms. The molecule has 3 aromatic rings. The van der Waals surface area contributed by atoms with Crippen LogP contribution in [0.4, 0.5) is 10.1 Å². The monoisotopic (exact) mass is 353 g/mol. The van der Waals surface area contributed by atoms with Crippen molar-refractivity contribution in [3.8, 4) is 11.5 Å². The predicted molar refractivity (Wildman–Crippen MR) is 101 cm³/mol. The maximum atomic E-state index is 13.3. The summed E-state index contributed by atoms with van der Waals surface area (Å²) in [6.07, 6.45) is 0. The molecule has 0 aliphatic heterocycles. The number of anilines is 1. The van der Waals surface area contributed by atoms with Gasteiger partial charge in [-0.25, -0.2) is 4.39 Å². The van der Waals surface area contributed by atoms with Gasteiger partial charge in [-0.05, 0) is 29.7 Å². The fourth-order valence-corrected chi connectivity index (χ4v) is 3.00. The van der Waals surface area contributed by atoms with Crippen molar-refractivity contribution in [2.24, 2.45) is 0 Å². The molecule has 0 unspecified atom stereocenters. The Bertz CT molecular complexity index is 921. The largest absolute Gasteiger partial charge is 0.497 e. The standard InChI is InChI=1S/C21H20FNO3/c1-25-17-10-11-20(26-2)16(12-17)14-23(21(24)13-22)19-9-5-7-15-6-3-4-8-18(15)19/h3-12H,13-14H2,1-2H3. The SMILES string of the molecule is COc1ccc(OC)c(CN(C(=O)CF)c2cccc3ccccc23)c1. The number of carbonyl (C=O) groups is 1. The minimum Gasteiger partial charge on any atom is -0.497 e. The van der Waals surface area contributed by atoms with Crippen LogP contribution in [-0.2, 0) is 11.3 Å². The van der Waals surface area contributed by atoms with E-state index in [4.69, 9.17) is 9.47 Å². The highest BCUT2D eigenvalue weighted by atomic mass is 19.1. The molecule has 0 atom stereocenters. The van der Waals surface area contributed by atoms with E-state index in [0.29, 0.717) is 17.2 Å². The van der Waals surface area contributed by atoms with E-state index in [2.05, 4.69) is 0 Å². The Hall–Kier alpha value is -3.08. The first-order chi connectivity index (χ1) is 12.7. The van der Waals surface area contributed by atoms with Gasteiger partial charge < -0.3 is 14.4 Å². The minimum atomic E-state index is -1.07. The molecule has 4 nitrogen and oxygen atoms in total. The first-order valence-corrected chi connectivity index (χ1v) is 8.23. The van der Waals surface area contributed by atoms with Crippen LogP contribution in [0.25, 0.3) is 10.8 Å². The third kappa shape index (κ3) is 3.47. The zero-order valence-electron chi connectivity index (χ0n) is 14.7. The maximum Gasteiger partial charge on any atom is 0.258 e. The Morgan fingerprint density at radius 1 is 1.00 bits per heavy atom. The topological polar surface area (TPSA) is 38.8 Å². The van der Waals surface area contributed by atoms with Crippen LogP contribution >= 0.6 is 0 Å². The molecule has 0 saturated carbocycles. The second-order valence-electron chi connectivity index (χ2n) is 5.79. The summed E-state index contributed by atoms with van der Waals surface area (Å²) in [4.78, 5) is 13.8. The van der Waals surface area contributed by atoms with Crippen LogP contribution in [0.2, 0.25) is 0 Å². The van der Waals surface area contributed by atoms with Crippen LogP contribution in [0.3, 0.4) is 0 Å². The van der Waals surface area contributed by atoms with E-state index >= 15 is 0 Å². The minimum absolute atomic E-state index is 0.178. The summed E-state index contributed by atoms with van der Waals surface area (Å²) in [5.74, 6) is 0.653. The number of fused-ring (bicyclic) bond motifs is 1. The number of benzene rings is 3. The molecule has 0 N–H and O–H groups in total. The molecule has 5 heteroatoms. The van der Waals surface area contributed by atoms with Crippen molar-refractivity contribution < 1.29 is 18.7 Å². The number of hydrogen-bond acceptors (Lipinski definition) is 3. The van der Waals surface area contributed by atoms with Gasteiger partial charge in [-0.1, -0.05) is 36.4 Å². The molecule has 0 heterocycles. The Labute approximate surface area is 151 Å². The van der Waals surface area contributed by atoms with Gasteiger partial charge in [0.2, 0.25) is 0 Å². The number of hydrogen-bond donors (Lipinski definition) is 0. The van der Waals surface area contributed by atoms with Gasteiger partial charge in [0.25, 0.3) is 5.91 Å². The molecular weight excluding hydrogens is 333 g/mol. The molecule has 3 aromatic carbocycles. The molecule has 0 spiro atoms. The van der Waals surface area contributed by atoms with Gasteiger partial charge in [-0.2, -0.15) is 0 Å². The molecule has 0 radical (unpaired) electrons. The van der Waals surface area contributed by atoms with Crippen molar-refractivity contribution in [3.63, 3.8) is 0 Å². The second-order valence-corrected chi connectivity index (χ2v) is 5.79. The van der Waals surface area contributed by atoms with E-state index < -0.39 is 12.6 Å². The van der Waals surface area contributed by atoms with Gasteiger partial charge >= 0.3 is 0 Å². The maximum absolute atomic E-state index is 13.3. The first-order valence-electron chi connectivity index (χ1n) is 8.23. The lowest BCUT2D eigenvalue weighted by atomic mass is 10.1. The smallest absolute Gasteiger partial charge is 0.258 e. The van der Waals surface area contributed by atoms with Crippen molar-refractivity contribution in [2.45, 2.75) is 6.54 Å². The highest BCUT2D eigenvalue weighted by molar-refractivity contribution is 6.04. The lowest BCUT2D eigenvalue weighted by molar-refractivity contribution is -0.119. The number of rotatable bonds is 6. The molecule has 26 heavy (non-hydrogen) atoms. The van der Waals surface area contributed by atoms with E-state index in [1.807, 2.05) is 42.5 Å². The van der Waals surface area contributed by atoms with Gasteiger partial charge in [-0.15, -0.1) is 0 Å². The molecular formula is C21H20FNO3. The quantitative estimate of drug-likeness (QED) is 0.661. The van der Waals surface area contributed by atoms with Crippen LogP contribution in [0.15, 0.2) is 60.7 Å². The molecule has 0 aliphatic carbocycles. The van der Waals surface area contributed by atoms with E-state index in [-0.39, 0.29) is 6.54 Å². The molecule has 0 aliphatic rings. The van der Waals surface area contributed by atoms with E-state index in [1.165, 1.54) is 4.90 Å². The Morgan fingerprint density at radius 3 is 2.50 bits per heavy atom. The number of halogens is 1. The highest BCUT2D eigenvalue weighted by Gasteiger charge is 2.20. The molecule has 0 fully saturated rings. The van der Waals surface area contributed by atoms with Crippen molar-refractivity contribution in [2.75, 3.05) is 25.8 Å². The average molecular weight is 353 g/mol. The summed E-state index contributed by atoms with van der Waals surface area (Å²) in [6, 6.07) is 18.7. The van der Waals surface area contributed by atoms with Gasteiger partial charge in [0.15, 0.2) is 6.67 Å². The Morgan fingerprint density at radius 2 is 1.77 bits per heavy atom. The van der Waals surface area contributed by atoms with Crippen LogP contribution in [-0.4, -0.2) is 26.8 Å². The second kappa shape index (κ2) is 7.87. The molecule has 0 saturated heterocycles. The number of carbonyl (C=O) groups excluding carboxylic acids is 1. The highest BCUT2D eigenvalue weighted by Crippen LogP contribution is 2.31. The molecule has 134 valence electrons. The summed E-state index contributed by atoms with van der Waals surface area (Å²) < 4.78 is 24.0. The predicted octanol–water partition coefficient (Wildman–Crippen LogP) is 4.36. The Kier molecular flexibility index (Phi) is 5.37. The fourth-order valence-electron chi connectivity index (χ4n) is 3.00. The Balaban J connectivity index is 2.09. The number of ether oxygens (including phenoxy) is 2. The summed E-state index contributed by atoms with van der Waals surface area (Å²) in [7, 11) is 3.13. The first kappa shape index (κ1) is 17.7. The zero-order valence-corrected chi connectivity index (χ0v) is 14.7. The average Bonchev–Trinajstić information content (AvgIpc) is 2.70. The van der Waals surface area contributed by atoms with Gasteiger partial charge in [0.05, 0.1) is 26.5 Å². The summed E-state index contributed by atoms with van der Waals surface area (Å²) in [5, 5.41) is 1.87. The van der Waals surface area contributed by atoms with Crippen molar-refractivity contribution in [1.82, 2.24) is 0 Å². The summed E-state index contributed by atoms with van der Waals surface area (Å²) in [5.41, 5.74) is 1.40. The molecule has 1 amide bonds. The van der Waals surface area contributed by atoms with Gasteiger partial charge in [-0.3, -0.25) is 4.79 Å². The van der Waals surface area contributed by atoms with Crippen LogP contribution < -0.4 is 14.4 Å². The van der Waals surface area contributed by atoms with Crippen LogP contribution in [0.1, 0.15) is 5.56 Å². The summed E-state index contributed by atoms with van der Waals surface area (Å²) in [6.45, 7) is -0.896. The van der Waals surface area contributed by atoms with E-state index in [1.54, 1.807) is 32.4 Å². The fraction of sp³-hybridized carbons (Fsp3) is 0.190. The van der Waals surface area contributed by atoms with Gasteiger partial charge in [0, 0.05) is 10.9 Å². The summed E-state index contributed by atoms with van der Waals surface area (Å²) >= 11 is 0. The number of amides is 1. The van der Waals surface area contributed by atoms with Crippen molar-refractivity contribution >= 4 is 22.4 Å². The third-order valence-electron chi connectivity index (χ3n) is 4.29. The van der Waals surface area contributed by atoms with Crippen molar-refractivity contribution in [3.05, 3.63) is 66.2 Å². The number of methoxy groups -OCH3 is 2. The van der Waals surface area contributed by atoms with Gasteiger partial charge in [0.1, 0.15) is 11.5 Å². The molecule has 3 rings (SSSR count). The van der Waals surface area contributed by atoms with Crippen LogP contribution in [0, 0.1) is 0 Å².